The summed E-state index contributed by atoms with van der Waals surface area (Å²) in [6.45, 7) is 0.889. The molecule has 2 heterocycles. The molecule has 0 aliphatic carbocycles. The van der Waals surface area contributed by atoms with E-state index in [4.69, 9.17) is 0 Å². The van der Waals surface area contributed by atoms with Crippen LogP contribution < -0.4 is 0 Å². The minimum atomic E-state index is 0.889. The fourth-order valence-corrected chi connectivity index (χ4v) is 0.609. The van der Waals surface area contributed by atoms with Gasteiger partial charge in [0.25, 0.3) is 0 Å². The van der Waals surface area contributed by atoms with E-state index in [1.165, 1.54) is 0 Å². The van der Waals surface area contributed by atoms with Gasteiger partial charge in [0.15, 0.2) is 0 Å². The average molecular weight is 134 g/mol. The second-order valence-corrected chi connectivity index (χ2v) is 1.89. The number of hydrogen-bond donors (Lipinski definition) is 0. The van der Waals surface area contributed by atoms with Gasteiger partial charge < -0.3 is 0 Å². The summed E-state index contributed by atoms with van der Waals surface area (Å²) in [7, 11) is 0. The van der Waals surface area contributed by atoms with E-state index in [0.29, 0.717) is 0 Å². The van der Waals surface area contributed by atoms with Gasteiger partial charge >= 0.3 is 0 Å². The van der Waals surface area contributed by atoms with E-state index in [1.54, 1.807) is 12.4 Å². The Morgan fingerprint density at radius 1 is 1.20 bits per heavy atom. The van der Waals surface area contributed by atoms with Gasteiger partial charge in [-0.05, 0) is 6.08 Å². The van der Waals surface area contributed by atoms with Crippen LogP contribution in [0.15, 0.2) is 34.4 Å². The van der Waals surface area contributed by atoms with E-state index >= 15 is 0 Å². The van der Waals surface area contributed by atoms with Crippen LogP contribution >= 0.6 is 0 Å². The van der Waals surface area contributed by atoms with Gasteiger partial charge in [-0.25, -0.2) is 0 Å². The normalized spacial score (nSPS) is 17.6. The summed E-state index contributed by atoms with van der Waals surface area (Å²) in [6.07, 6.45) is 12.5. The minimum absolute atomic E-state index is 0.889. The molecule has 2 nitrogen and oxygen atoms in total. The zero-order chi connectivity index (χ0) is 7.07. The summed E-state index contributed by atoms with van der Waals surface area (Å²) in [5, 5.41) is 0. The summed E-state index contributed by atoms with van der Waals surface area (Å²) >= 11 is 0. The lowest BCUT2D eigenvalue weighted by molar-refractivity contribution is 1.29. The first-order valence-electron chi connectivity index (χ1n) is 3.32. The van der Waals surface area contributed by atoms with E-state index in [0.717, 1.165) is 13.0 Å². The van der Waals surface area contributed by atoms with Gasteiger partial charge in [-0.2, -0.15) is 0 Å². The van der Waals surface area contributed by atoms with Crippen molar-refractivity contribution in [3.05, 3.63) is 24.4 Å². The lowest BCUT2D eigenvalue weighted by Gasteiger charge is -1.60. The topological polar surface area (TPSA) is 24.7 Å². The van der Waals surface area contributed by atoms with E-state index in [2.05, 4.69) is 9.98 Å². The Hall–Kier alpha value is -1.18. The number of nitrogens with zero attached hydrogens (tertiary/aromatic N) is 2. The summed E-state index contributed by atoms with van der Waals surface area (Å²) in [5.74, 6) is 0. The average Bonchev–Trinajstić information content (AvgIpc) is 2.67. The fraction of sp³-hybridized carbons (Fsp3) is 0.250. The summed E-state index contributed by atoms with van der Waals surface area (Å²) in [6, 6.07) is 0. The molecule has 0 unspecified atom stereocenters. The molecule has 0 bridgehead atoms. The van der Waals surface area contributed by atoms with Gasteiger partial charge in [0.1, 0.15) is 0 Å². The summed E-state index contributed by atoms with van der Waals surface area (Å²) < 4.78 is 0. The van der Waals surface area contributed by atoms with Crippen molar-refractivity contribution in [2.45, 2.75) is 6.42 Å². The van der Waals surface area contributed by atoms with Crippen molar-refractivity contribution in [2.75, 3.05) is 6.54 Å². The lowest BCUT2D eigenvalue weighted by Crippen LogP contribution is -1.54. The maximum Gasteiger partial charge on any atom is 0.0573 e. The molecule has 52 valence electrons. The molecule has 0 atom stereocenters. The third kappa shape index (κ3) is 2.97. The molecule has 0 aromatic rings. The Bertz CT molecular complexity index is 145. The highest BCUT2D eigenvalue weighted by Gasteiger charge is 1.73. The van der Waals surface area contributed by atoms with Crippen LogP contribution in [0.2, 0.25) is 0 Å². The Morgan fingerprint density at radius 3 is 2.40 bits per heavy atom. The van der Waals surface area contributed by atoms with Crippen molar-refractivity contribution in [3.63, 3.8) is 0 Å². The second kappa shape index (κ2) is 4.68. The predicted molar refractivity (Wildman–Crippen MR) is 44.7 cm³/mol. The summed E-state index contributed by atoms with van der Waals surface area (Å²) in [4.78, 5) is 7.62. The highest BCUT2D eigenvalue weighted by molar-refractivity contribution is 5.73. The molecule has 2 aliphatic heterocycles. The number of rotatable bonds is 0. The van der Waals surface area contributed by atoms with Gasteiger partial charge in [-0.1, -0.05) is 12.2 Å². The molecule has 0 aromatic carbocycles. The monoisotopic (exact) mass is 134 g/mol. The molecule has 0 fully saturated rings. The van der Waals surface area contributed by atoms with Crippen molar-refractivity contribution in [1.82, 2.24) is 0 Å². The second-order valence-electron chi connectivity index (χ2n) is 1.89. The van der Waals surface area contributed by atoms with Crippen LogP contribution in [0.25, 0.3) is 0 Å². The molecule has 2 aliphatic rings. The van der Waals surface area contributed by atoms with Crippen molar-refractivity contribution in [1.29, 1.82) is 0 Å². The first-order valence-corrected chi connectivity index (χ1v) is 3.32. The third-order valence-corrected chi connectivity index (χ3v) is 1.08. The SMILES string of the molecule is C1=CCN=C1.C1=CN=CC1. The van der Waals surface area contributed by atoms with E-state index in [9.17, 15) is 0 Å². The van der Waals surface area contributed by atoms with Crippen LogP contribution in [-0.4, -0.2) is 19.0 Å². The maximum atomic E-state index is 3.85. The Balaban J connectivity index is 0.0000001000. The Labute approximate surface area is 60.7 Å². The molecule has 0 spiro atoms. The molecule has 0 amide bonds. The molecule has 0 radical (unpaired) electrons. The van der Waals surface area contributed by atoms with E-state index in [-0.39, 0.29) is 0 Å². The van der Waals surface area contributed by atoms with Gasteiger partial charge in [-0.15, -0.1) is 0 Å². The van der Waals surface area contributed by atoms with Crippen LogP contribution in [0.1, 0.15) is 6.42 Å². The summed E-state index contributed by atoms with van der Waals surface area (Å²) in [5.41, 5.74) is 0. The van der Waals surface area contributed by atoms with Gasteiger partial charge in [0.2, 0.25) is 0 Å². The van der Waals surface area contributed by atoms with Gasteiger partial charge in [0.05, 0.1) is 6.54 Å². The molecule has 0 N–H and O–H groups in total. The highest BCUT2D eigenvalue weighted by Crippen LogP contribution is 1.86. The number of aliphatic imine (C=N–C) groups is 2. The highest BCUT2D eigenvalue weighted by atomic mass is 14.7. The van der Waals surface area contributed by atoms with Crippen molar-refractivity contribution < 1.29 is 0 Å². The zero-order valence-corrected chi connectivity index (χ0v) is 5.77. The predicted octanol–water partition coefficient (Wildman–Crippen LogP) is 1.60. The fourth-order valence-electron chi connectivity index (χ4n) is 0.609. The van der Waals surface area contributed by atoms with Crippen LogP contribution in [-0.2, 0) is 0 Å². The molecular formula is C8H10N2. The van der Waals surface area contributed by atoms with Gasteiger partial charge in [0, 0.05) is 25.0 Å². The largest absolute Gasteiger partial charge is 0.289 e. The van der Waals surface area contributed by atoms with Crippen LogP contribution in [0.3, 0.4) is 0 Å². The van der Waals surface area contributed by atoms with Crippen LogP contribution in [0, 0.1) is 0 Å². The molecule has 0 aromatic heterocycles. The van der Waals surface area contributed by atoms with E-state index < -0.39 is 0 Å². The maximum absolute atomic E-state index is 3.85. The zero-order valence-electron chi connectivity index (χ0n) is 5.77. The number of hydrogen-bond acceptors (Lipinski definition) is 2. The molecule has 2 heteroatoms. The Kier molecular flexibility index (Phi) is 3.24. The smallest absolute Gasteiger partial charge is 0.0573 e. The molecule has 0 saturated carbocycles. The number of allylic oxidation sites excluding steroid dienone is 2. The van der Waals surface area contributed by atoms with Crippen molar-refractivity contribution in [2.24, 2.45) is 9.98 Å². The van der Waals surface area contributed by atoms with Crippen LogP contribution in [0.5, 0.6) is 0 Å². The Morgan fingerprint density at radius 2 is 2.20 bits per heavy atom. The standard InChI is InChI=1S/2C4H5N/c2*1-2-4-5-3-1/h1,3-4H,2H2;1-3H,4H2. The third-order valence-electron chi connectivity index (χ3n) is 1.08. The quantitative estimate of drug-likeness (QED) is 0.480. The first-order chi connectivity index (χ1) is 5.00. The molecule has 10 heavy (non-hydrogen) atoms. The first kappa shape index (κ1) is 6.93. The lowest BCUT2D eigenvalue weighted by atomic mass is 10.5. The van der Waals surface area contributed by atoms with Gasteiger partial charge in [-0.3, -0.25) is 9.98 Å². The van der Waals surface area contributed by atoms with Crippen molar-refractivity contribution >= 4 is 12.4 Å². The van der Waals surface area contributed by atoms with Crippen LogP contribution in [0.4, 0.5) is 0 Å². The molecule has 0 saturated heterocycles. The minimum Gasteiger partial charge on any atom is -0.289 e. The van der Waals surface area contributed by atoms with Crippen molar-refractivity contribution in [3.8, 4) is 0 Å². The molecule has 2 rings (SSSR count). The molecular weight excluding hydrogens is 124 g/mol. The van der Waals surface area contributed by atoms with E-state index in [1.807, 2.05) is 24.4 Å².